The summed E-state index contributed by atoms with van der Waals surface area (Å²) in [6.07, 6.45) is 0.652. The molecule has 2 heterocycles. The molecule has 7 nitrogen and oxygen atoms in total. The van der Waals surface area contributed by atoms with Gasteiger partial charge < -0.3 is 14.6 Å². The Morgan fingerprint density at radius 2 is 2.03 bits per heavy atom. The zero-order chi connectivity index (χ0) is 22.7. The summed E-state index contributed by atoms with van der Waals surface area (Å²) in [6, 6.07) is 12.2. The first kappa shape index (κ1) is 22.0. The average molecular weight is 457 g/mol. The van der Waals surface area contributed by atoms with E-state index in [9.17, 15) is 9.18 Å². The Bertz CT molecular complexity index is 1150. The number of ether oxygens (including phenoxy) is 1. The van der Waals surface area contributed by atoms with Crippen LogP contribution >= 0.6 is 11.6 Å². The minimum absolute atomic E-state index is 0.249. The van der Waals surface area contributed by atoms with E-state index in [0.29, 0.717) is 47.3 Å². The van der Waals surface area contributed by atoms with E-state index in [0.717, 1.165) is 5.56 Å². The Kier molecular flexibility index (Phi) is 6.53. The maximum Gasteiger partial charge on any atom is 0.322 e. The van der Waals surface area contributed by atoms with Crippen LogP contribution in [-0.2, 0) is 4.74 Å². The Balaban J connectivity index is 1.77. The molecule has 0 aliphatic carbocycles. The highest BCUT2D eigenvalue weighted by Gasteiger charge is 2.35. The van der Waals surface area contributed by atoms with Crippen molar-refractivity contribution in [2.45, 2.75) is 19.4 Å². The average Bonchev–Trinajstić information content (AvgIpc) is 3.26. The number of carbonyl (C=O) groups is 1. The molecule has 0 fully saturated rings. The number of benzene rings is 2. The summed E-state index contributed by atoms with van der Waals surface area (Å²) in [5.74, 6) is 0.236. The van der Waals surface area contributed by atoms with E-state index in [2.05, 4.69) is 15.5 Å². The summed E-state index contributed by atoms with van der Waals surface area (Å²) in [4.78, 5) is 19.0. The Morgan fingerprint density at radius 3 is 2.75 bits per heavy atom. The van der Waals surface area contributed by atoms with Gasteiger partial charge in [-0.3, -0.25) is 4.90 Å². The third-order valence-corrected chi connectivity index (χ3v) is 5.52. The number of rotatable bonds is 7. The van der Waals surface area contributed by atoms with Crippen LogP contribution < -0.4 is 5.32 Å². The molecule has 0 bridgehead atoms. The summed E-state index contributed by atoms with van der Waals surface area (Å²) in [6.45, 7) is 2.78. The molecule has 2 aromatic carbocycles. The van der Waals surface area contributed by atoms with E-state index in [4.69, 9.17) is 20.9 Å². The first-order valence-electron chi connectivity index (χ1n) is 10.1. The quantitative estimate of drug-likeness (QED) is 0.502. The van der Waals surface area contributed by atoms with Gasteiger partial charge in [0.1, 0.15) is 5.82 Å². The smallest absolute Gasteiger partial charge is 0.322 e. The van der Waals surface area contributed by atoms with Crippen LogP contribution in [0.3, 0.4) is 0 Å². The van der Waals surface area contributed by atoms with Crippen molar-refractivity contribution in [2.75, 3.05) is 20.3 Å². The van der Waals surface area contributed by atoms with Crippen LogP contribution in [0, 0.1) is 5.82 Å². The van der Waals surface area contributed by atoms with E-state index >= 15 is 0 Å². The number of carbonyl (C=O) groups excluding carboxylic acids is 1. The predicted molar refractivity (Wildman–Crippen MR) is 118 cm³/mol. The summed E-state index contributed by atoms with van der Waals surface area (Å²) in [7, 11) is 1.61. The van der Waals surface area contributed by atoms with E-state index in [1.165, 1.54) is 12.1 Å². The molecule has 2 amide bonds. The lowest BCUT2D eigenvalue weighted by Crippen LogP contribution is -2.46. The predicted octanol–water partition coefficient (Wildman–Crippen LogP) is 5.06. The highest BCUT2D eigenvalue weighted by Crippen LogP contribution is 2.37. The fraction of sp³-hybridized carbons (Fsp3) is 0.261. The van der Waals surface area contributed by atoms with Gasteiger partial charge in [0.2, 0.25) is 5.82 Å². The third kappa shape index (κ3) is 4.51. The van der Waals surface area contributed by atoms with E-state index in [1.807, 2.05) is 6.92 Å². The first-order valence-corrected chi connectivity index (χ1v) is 10.5. The van der Waals surface area contributed by atoms with Gasteiger partial charge in [0.05, 0.1) is 11.6 Å². The van der Waals surface area contributed by atoms with Gasteiger partial charge in [-0.1, -0.05) is 28.9 Å². The monoisotopic (exact) mass is 456 g/mol. The van der Waals surface area contributed by atoms with Gasteiger partial charge in [-0.25, -0.2) is 9.18 Å². The topological polar surface area (TPSA) is 80.5 Å². The minimum atomic E-state index is -0.643. The molecule has 166 valence electrons. The van der Waals surface area contributed by atoms with E-state index in [1.54, 1.807) is 48.4 Å². The molecule has 0 radical (unpaired) electrons. The minimum Gasteiger partial charge on any atom is -0.385 e. The second kappa shape index (κ2) is 9.50. The lowest BCUT2D eigenvalue weighted by atomic mass is 9.94. The number of amides is 2. The fourth-order valence-electron chi connectivity index (χ4n) is 3.68. The molecular weight excluding hydrogens is 435 g/mol. The number of hydrogen-bond acceptors (Lipinski definition) is 5. The molecule has 9 heteroatoms. The number of nitrogens with one attached hydrogen (secondary N) is 1. The van der Waals surface area contributed by atoms with Crippen molar-refractivity contribution in [1.82, 2.24) is 20.4 Å². The molecule has 1 aliphatic heterocycles. The maximum absolute atomic E-state index is 14.0. The zero-order valence-electron chi connectivity index (χ0n) is 17.6. The van der Waals surface area contributed by atoms with Crippen LogP contribution in [0.5, 0.6) is 0 Å². The second-order valence-electron chi connectivity index (χ2n) is 7.36. The summed E-state index contributed by atoms with van der Waals surface area (Å²) >= 11 is 5.97. The first-order chi connectivity index (χ1) is 15.5. The molecule has 3 aromatic rings. The molecular formula is C23H22ClFN4O3. The number of aromatic nitrogens is 2. The molecule has 0 spiro atoms. The Morgan fingerprint density at radius 1 is 1.25 bits per heavy atom. The molecule has 1 unspecified atom stereocenters. The van der Waals surface area contributed by atoms with Crippen molar-refractivity contribution >= 4 is 23.2 Å². The number of halogens is 2. The van der Waals surface area contributed by atoms with E-state index < -0.39 is 11.9 Å². The zero-order valence-corrected chi connectivity index (χ0v) is 18.4. The van der Waals surface area contributed by atoms with Crippen LogP contribution in [0.25, 0.3) is 17.0 Å². The Labute approximate surface area is 189 Å². The van der Waals surface area contributed by atoms with Gasteiger partial charge >= 0.3 is 6.03 Å². The number of methoxy groups -OCH3 is 1. The molecule has 1 aromatic heterocycles. The summed E-state index contributed by atoms with van der Waals surface area (Å²) < 4.78 is 24.7. The molecule has 1 atom stereocenters. The lowest BCUT2D eigenvalue weighted by molar-refractivity contribution is 0.174. The fourth-order valence-corrected chi connectivity index (χ4v) is 3.81. The van der Waals surface area contributed by atoms with E-state index in [-0.39, 0.29) is 11.9 Å². The highest BCUT2D eigenvalue weighted by molar-refractivity contribution is 6.30. The number of urea groups is 1. The number of hydrogen-bond donors (Lipinski definition) is 1. The van der Waals surface area contributed by atoms with Gasteiger partial charge in [0, 0.05) is 36.5 Å². The molecule has 0 saturated carbocycles. The van der Waals surface area contributed by atoms with Crippen molar-refractivity contribution in [3.63, 3.8) is 0 Å². The maximum atomic E-state index is 14.0. The molecule has 1 aliphatic rings. The van der Waals surface area contributed by atoms with Gasteiger partial charge in [-0.05, 0) is 55.3 Å². The van der Waals surface area contributed by atoms with Crippen molar-refractivity contribution < 1.29 is 18.4 Å². The van der Waals surface area contributed by atoms with Gasteiger partial charge in [0.15, 0.2) is 0 Å². The SMILES string of the molecule is COCCCN1C(=O)NC(c2cccc(F)c2)C(c2nc(-c3ccc(Cl)cc3)no2)=C1C. The van der Waals surface area contributed by atoms with Gasteiger partial charge in [0.25, 0.3) is 5.89 Å². The largest absolute Gasteiger partial charge is 0.385 e. The van der Waals surface area contributed by atoms with Crippen LogP contribution in [0.2, 0.25) is 5.02 Å². The molecule has 4 rings (SSSR count). The van der Waals surface area contributed by atoms with Crippen molar-refractivity contribution in [1.29, 1.82) is 0 Å². The van der Waals surface area contributed by atoms with Gasteiger partial charge in [-0.2, -0.15) is 4.98 Å². The Hall–Kier alpha value is -3.23. The normalized spacial score (nSPS) is 16.4. The van der Waals surface area contributed by atoms with Gasteiger partial charge in [-0.15, -0.1) is 0 Å². The van der Waals surface area contributed by atoms with Crippen LogP contribution in [-0.4, -0.2) is 41.3 Å². The van der Waals surface area contributed by atoms with Crippen molar-refractivity contribution in [3.8, 4) is 11.4 Å². The number of nitrogens with zero attached hydrogens (tertiary/aromatic N) is 3. The number of allylic oxidation sites excluding steroid dienone is 1. The van der Waals surface area contributed by atoms with Crippen molar-refractivity contribution in [3.05, 3.63) is 76.5 Å². The second-order valence-corrected chi connectivity index (χ2v) is 7.80. The lowest BCUT2D eigenvalue weighted by Gasteiger charge is -2.35. The highest BCUT2D eigenvalue weighted by atomic mass is 35.5. The van der Waals surface area contributed by atoms with Crippen LogP contribution in [0.4, 0.5) is 9.18 Å². The molecule has 32 heavy (non-hydrogen) atoms. The summed E-state index contributed by atoms with van der Waals surface area (Å²) in [5.41, 5.74) is 2.59. The third-order valence-electron chi connectivity index (χ3n) is 5.27. The summed E-state index contributed by atoms with van der Waals surface area (Å²) in [5, 5.41) is 7.65. The van der Waals surface area contributed by atoms with Crippen LogP contribution in [0.1, 0.15) is 30.8 Å². The standard InChI is InChI=1S/C23H22ClFN4O3/c1-14-19(22-27-21(28-32-22)15-7-9-17(24)10-8-15)20(16-5-3-6-18(25)13-16)26-23(30)29(14)11-4-12-31-2/h3,5-10,13,20H,4,11-12H2,1-2H3,(H,26,30). The van der Waals surface area contributed by atoms with Crippen LogP contribution in [0.15, 0.2) is 58.8 Å². The molecule has 0 saturated heterocycles. The van der Waals surface area contributed by atoms with Crippen molar-refractivity contribution in [2.24, 2.45) is 0 Å². The molecule has 1 N–H and O–H groups in total.